The van der Waals surface area contributed by atoms with Gasteiger partial charge in [-0.2, -0.15) is 0 Å². The zero-order valence-corrected chi connectivity index (χ0v) is 18.3. The summed E-state index contributed by atoms with van der Waals surface area (Å²) in [5, 5.41) is 10.1. The van der Waals surface area contributed by atoms with Gasteiger partial charge < -0.3 is 9.52 Å². The number of hydrogen-bond donors (Lipinski definition) is 1. The Morgan fingerprint density at radius 1 is 0.958 bits per heavy atom. The van der Waals surface area contributed by atoms with E-state index in [-0.39, 0.29) is 30.7 Å². The monoisotopic (exact) mass is 578 g/mol. The standard InChI is InChI=1S/C17H10Br4O3/c18-9-6-7-10(22)11-15(23)14(21)17(24-16(9)11)13(20)12(19)8-4-2-1-3-5-8/h1-7,12-13,22H. The van der Waals surface area contributed by atoms with E-state index in [1.165, 1.54) is 6.07 Å². The Hall–Kier alpha value is -0.630. The number of benzene rings is 2. The highest BCUT2D eigenvalue weighted by atomic mass is 79.9. The normalized spacial score (nSPS) is 13.8. The molecule has 1 N–H and O–H groups in total. The first-order chi connectivity index (χ1) is 11.4. The summed E-state index contributed by atoms with van der Waals surface area (Å²) in [5.41, 5.74) is 1.04. The van der Waals surface area contributed by atoms with Crippen molar-refractivity contribution in [2.75, 3.05) is 0 Å². The second-order valence-corrected chi connectivity index (χ2v) is 8.71. The van der Waals surface area contributed by atoms with Gasteiger partial charge in [0.1, 0.15) is 21.4 Å². The average molecular weight is 582 g/mol. The van der Waals surface area contributed by atoms with E-state index >= 15 is 0 Å². The van der Waals surface area contributed by atoms with E-state index in [0.29, 0.717) is 15.8 Å². The van der Waals surface area contributed by atoms with Gasteiger partial charge in [0.15, 0.2) is 5.58 Å². The lowest BCUT2D eigenvalue weighted by Gasteiger charge is -2.18. The van der Waals surface area contributed by atoms with Gasteiger partial charge in [-0.3, -0.25) is 4.79 Å². The molecule has 7 heteroatoms. The number of phenolic OH excluding ortho intramolecular Hbond substituents is 1. The highest BCUT2D eigenvalue weighted by Gasteiger charge is 2.27. The van der Waals surface area contributed by atoms with Gasteiger partial charge in [0.05, 0.1) is 14.1 Å². The molecule has 0 aliphatic rings. The van der Waals surface area contributed by atoms with Crippen LogP contribution in [-0.4, -0.2) is 5.11 Å². The molecule has 0 aliphatic heterocycles. The third-order valence-corrected chi connectivity index (χ3v) is 7.65. The van der Waals surface area contributed by atoms with Crippen LogP contribution >= 0.6 is 63.7 Å². The second-order valence-electron chi connectivity index (χ2n) is 5.09. The molecular weight excluding hydrogens is 572 g/mol. The van der Waals surface area contributed by atoms with Crippen LogP contribution in [0.25, 0.3) is 11.0 Å². The van der Waals surface area contributed by atoms with Crippen molar-refractivity contribution < 1.29 is 9.52 Å². The summed E-state index contributed by atoms with van der Waals surface area (Å²) in [7, 11) is 0. The molecule has 2 aromatic carbocycles. The summed E-state index contributed by atoms with van der Waals surface area (Å²) < 4.78 is 6.85. The van der Waals surface area contributed by atoms with Crippen molar-refractivity contribution in [2.24, 2.45) is 0 Å². The molecule has 0 bridgehead atoms. The highest BCUT2D eigenvalue weighted by molar-refractivity contribution is 9.12. The minimum Gasteiger partial charge on any atom is -0.507 e. The first-order valence-corrected chi connectivity index (χ1v) is 10.3. The Bertz CT molecular complexity index is 953. The molecule has 0 aliphatic carbocycles. The maximum atomic E-state index is 12.7. The summed E-state index contributed by atoms with van der Waals surface area (Å²) in [6.45, 7) is 0. The van der Waals surface area contributed by atoms with E-state index in [0.717, 1.165) is 5.56 Å². The minimum absolute atomic E-state index is 0.105. The van der Waals surface area contributed by atoms with Gasteiger partial charge in [-0.15, -0.1) is 0 Å². The van der Waals surface area contributed by atoms with Crippen LogP contribution in [0.15, 0.2) is 60.6 Å². The van der Waals surface area contributed by atoms with Crippen LogP contribution in [0.5, 0.6) is 5.75 Å². The Morgan fingerprint density at radius 3 is 2.29 bits per heavy atom. The van der Waals surface area contributed by atoms with Gasteiger partial charge in [-0.05, 0) is 49.6 Å². The van der Waals surface area contributed by atoms with Crippen molar-refractivity contribution in [3.63, 3.8) is 0 Å². The largest absolute Gasteiger partial charge is 0.507 e. The quantitative estimate of drug-likeness (QED) is 0.355. The van der Waals surface area contributed by atoms with E-state index in [4.69, 9.17) is 4.42 Å². The molecule has 24 heavy (non-hydrogen) atoms. The summed E-state index contributed by atoms with van der Waals surface area (Å²) >= 11 is 14.0. The number of rotatable bonds is 3. The van der Waals surface area contributed by atoms with Crippen molar-refractivity contribution in [3.8, 4) is 5.75 Å². The molecule has 0 radical (unpaired) electrons. The van der Waals surface area contributed by atoms with Crippen molar-refractivity contribution in [2.45, 2.75) is 9.65 Å². The topological polar surface area (TPSA) is 50.4 Å². The number of fused-ring (bicyclic) bond motifs is 1. The van der Waals surface area contributed by atoms with Gasteiger partial charge in [0.2, 0.25) is 5.43 Å². The van der Waals surface area contributed by atoms with Crippen LogP contribution in [0.4, 0.5) is 0 Å². The fourth-order valence-electron chi connectivity index (χ4n) is 2.36. The molecule has 0 amide bonds. The van der Waals surface area contributed by atoms with Crippen LogP contribution in [0.2, 0.25) is 0 Å². The predicted molar refractivity (Wildman–Crippen MR) is 109 cm³/mol. The third-order valence-electron chi connectivity index (χ3n) is 3.57. The van der Waals surface area contributed by atoms with Gasteiger partial charge in [0, 0.05) is 0 Å². The molecule has 124 valence electrons. The molecule has 0 saturated carbocycles. The lowest BCUT2D eigenvalue weighted by molar-refractivity contribution is 0.476. The Kier molecular flexibility index (Phi) is 5.54. The van der Waals surface area contributed by atoms with E-state index in [1.54, 1.807) is 6.07 Å². The molecule has 1 heterocycles. The smallest absolute Gasteiger partial charge is 0.210 e. The Balaban J connectivity index is 2.18. The molecule has 1 aromatic heterocycles. The highest BCUT2D eigenvalue weighted by Crippen LogP contribution is 2.45. The van der Waals surface area contributed by atoms with Gasteiger partial charge in [-0.1, -0.05) is 62.2 Å². The van der Waals surface area contributed by atoms with Crippen LogP contribution in [0.3, 0.4) is 0 Å². The van der Waals surface area contributed by atoms with Crippen molar-refractivity contribution in [1.82, 2.24) is 0 Å². The number of alkyl halides is 2. The van der Waals surface area contributed by atoms with Crippen molar-refractivity contribution in [3.05, 3.63) is 73.0 Å². The van der Waals surface area contributed by atoms with E-state index in [2.05, 4.69) is 63.7 Å². The molecule has 3 nitrogen and oxygen atoms in total. The van der Waals surface area contributed by atoms with Crippen LogP contribution in [-0.2, 0) is 0 Å². The maximum absolute atomic E-state index is 12.7. The summed E-state index contributed by atoms with van der Waals surface area (Å²) in [4.78, 5) is 12.3. The van der Waals surface area contributed by atoms with E-state index in [1.807, 2.05) is 30.3 Å². The van der Waals surface area contributed by atoms with Crippen LogP contribution in [0.1, 0.15) is 21.0 Å². The maximum Gasteiger partial charge on any atom is 0.210 e. The van der Waals surface area contributed by atoms with Crippen molar-refractivity contribution >= 4 is 74.7 Å². The fourth-order valence-corrected chi connectivity index (χ4v) is 4.78. The van der Waals surface area contributed by atoms with Gasteiger partial charge in [0.25, 0.3) is 0 Å². The third kappa shape index (κ3) is 3.23. The van der Waals surface area contributed by atoms with Crippen molar-refractivity contribution in [1.29, 1.82) is 0 Å². The fraction of sp³-hybridized carbons (Fsp3) is 0.118. The molecule has 2 unspecified atom stereocenters. The first kappa shape index (κ1) is 18.2. The summed E-state index contributed by atoms with van der Waals surface area (Å²) in [6.07, 6.45) is 0. The van der Waals surface area contributed by atoms with Gasteiger partial charge in [-0.25, -0.2) is 0 Å². The number of phenols is 1. The summed E-state index contributed by atoms with van der Waals surface area (Å²) in [5.74, 6) is 0.336. The Labute approximate surface area is 171 Å². The molecule has 0 saturated heterocycles. The van der Waals surface area contributed by atoms with Crippen LogP contribution in [0, 0.1) is 0 Å². The first-order valence-electron chi connectivity index (χ1n) is 6.88. The lowest BCUT2D eigenvalue weighted by atomic mass is 10.1. The second kappa shape index (κ2) is 7.32. The van der Waals surface area contributed by atoms with Gasteiger partial charge >= 0.3 is 0 Å². The lowest BCUT2D eigenvalue weighted by Crippen LogP contribution is -2.10. The molecular formula is C17H10Br4O3. The van der Waals surface area contributed by atoms with E-state index < -0.39 is 0 Å². The SMILES string of the molecule is O=c1c(Br)c(C(Br)C(Br)c2ccccc2)oc2c(Br)ccc(O)c12. The molecule has 0 fully saturated rings. The average Bonchev–Trinajstić information content (AvgIpc) is 2.60. The minimum atomic E-state index is -0.317. The summed E-state index contributed by atoms with van der Waals surface area (Å²) in [6, 6.07) is 12.9. The molecule has 0 spiro atoms. The molecule has 2 atom stereocenters. The number of halogens is 4. The predicted octanol–water partition coefficient (Wildman–Crippen LogP) is 6.60. The Morgan fingerprint density at radius 2 is 1.62 bits per heavy atom. The molecule has 3 rings (SSSR count). The van der Waals surface area contributed by atoms with Crippen LogP contribution < -0.4 is 5.43 Å². The number of aromatic hydroxyl groups is 1. The zero-order valence-electron chi connectivity index (χ0n) is 12.0. The van der Waals surface area contributed by atoms with E-state index in [9.17, 15) is 9.90 Å². The number of hydrogen-bond acceptors (Lipinski definition) is 3. The zero-order chi connectivity index (χ0) is 17.4. The molecule has 3 aromatic rings.